The Morgan fingerprint density at radius 1 is 0.959 bits per heavy atom. The van der Waals surface area contributed by atoms with Crippen LogP contribution < -0.4 is 10.4 Å². The minimum Gasteiger partial charge on any atom is -0.466 e. The van der Waals surface area contributed by atoms with Crippen molar-refractivity contribution in [3.8, 4) is 11.1 Å². The van der Waals surface area contributed by atoms with Gasteiger partial charge in [0.05, 0.1) is 18.3 Å². The number of hydrogen-bond acceptors (Lipinski definition) is 8. The van der Waals surface area contributed by atoms with E-state index < -0.39 is 16.1 Å². The van der Waals surface area contributed by atoms with Gasteiger partial charge in [0.1, 0.15) is 27.1 Å². The molecule has 0 radical (unpaired) electrons. The number of aromatic nitrogens is 4. The van der Waals surface area contributed by atoms with E-state index in [4.69, 9.17) is 29.3 Å². The zero-order valence-corrected chi connectivity index (χ0v) is 33.1. The number of hydrogen-bond donors (Lipinski definition) is 0. The average Bonchev–Trinajstić information content (AvgIpc) is 3.47. The first kappa shape index (κ1) is 37.2. The molecule has 9 nitrogen and oxygen atoms in total. The lowest BCUT2D eigenvalue weighted by Gasteiger charge is -2.32. The molecule has 0 amide bonds. The maximum absolute atomic E-state index is 12.3. The molecule has 1 aliphatic rings. The monoisotopic (exact) mass is 701 g/mol. The zero-order chi connectivity index (χ0) is 35.2. The fraction of sp³-hybridized carbons (Fsp3) is 0.568. The molecule has 0 spiro atoms. The molecule has 4 aromatic rings. The Labute approximate surface area is 295 Å². The van der Waals surface area contributed by atoms with Crippen molar-refractivity contribution in [3.63, 3.8) is 0 Å². The highest BCUT2D eigenvalue weighted by Crippen LogP contribution is 2.38. The lowest BCUT2D eigenvalue weighted by atomic mass is 9.76. The van der Waals surface area contributed by atoms with Gasteiger partial charge in [-0.3, -0.25) is 9.78 Å². The lowest BCUT2D eigenvalue weighted by Crippen LogP contribution is -2.38. The van der Waals surface area contributed by atoms with Crippen LogP contribution in [0.4, 0.5) is 5.82 Å². The number of carbonyl (C=O) groups excluding carboxylic acids is 1. The Balaban J connectivity index is 1.54. The van der Waals surface area contributed by atoms with E-state index in [0.717, 1.165) is 95.6 Å². The van der Waals surface area contributed by atoms with E-state index in [1.54, 1.807) is 0 Å². The van der Waals surface area contributed by atoms with Crippen LogP contribution in [0.15, 0.2) is 42.7 Å². The molecule has 0 unspecified atom stereocenters. The molecule has 0 atom stereocenters. The third-order valence-corrected chi connectivity index (χ3v) is 13.0. The van der Waals surface area contributed by atoms with E-state index in [2.05, 4.69) is 64.2 Å². The van der Waals surface area contributed by atoms with Crippen molar-refractivity contribution in [2.45, 2.75) is 96.3 Å². The molecule has 5 rings (SSSR count). The lowest BCUT2D eigenvalue weighted by molar-refractivity contribution is -0.144. The number of carbonyl (C=O) groups is 1. The highest BCUT2D eigenvalue weighted by Gasteiger charge is 2.30. The van der Waals surface area contributed by atoms with Crippen LogP contribution >= 0.6 is 0 Å². The first-order valence-electron chi connectivity index (χ1n) is 18.1. The molecule has 49 heavy (non-hydrogen) atoms. The van der Waals surface area contributed by atoms with Crippen LogP contribution in [-0.2, 0) is 19.0 Å². The van der Waals surface area contributed by atoms with Crippen LogP contribution in [0.5, 0.6) is 0 Å². The number of esters is 1. The van der Waals surface area contributed by atoms with E-state index in [1.807, 2.05) is 42.0 Å². The smallest absolute Gasteiger partial charge is 0.306 e. The molecule has 0 N–H and O–H groups in total. The van der Waals surface area contributed by atoms with Crippen LogP contribution in [0.25, 0.3) is 27.7 Å². The quantitative estimate of drug-likeness (QED) is 0.0542. The molecule has 0 bridgehead atoms. The number of rotatable bonds is 16. The molecule has 1 aromatic carbocycles. The highest BCUT2D eigenvalue weighted by atomic mass is 28.3. The van der Waals surface area contributed by atoms with Gasteiger partial charge in [-0.1, -0.05) is 57.5 Å². The molecule has 1 saturated carbocycles. The second-order valence-electron chi connectivity index (χ2n) is 16.1. The van der Waals surface area contributed by atoms with E-state index >= 15 is 0 Å². The number of pyridine rings is 1. The molecule has 264 valence electrons. The summed E-state index contributed by atoms with van der Waals surface area (Å²) < 4.78 is 20.0. The summed E-state index contributed by atoms with van der Waals surface area (Å²) in [6.45, 7) is 18.8. The van der Waals surface area contributed by atoms with Gasteiger partial charge in [-0.05, 0) is 68.2 Å². The SMILES string of the molecule is Bc1c(C2CCC(CC(=O)OCC)CC2)nc2c(-c3cnc4ccccc4c3)cnn2c1N(COCC[Si](C)(C)C)COCC[Si](C)(C)C. The Morgan fingerprint density at radius 3 is 2.24 bits per heavy atom. The van der Waals surface area contributed by atoms with Crippen LogP contribution in [0.3, 0.4) is 0 Å². The van der Waals surface area contributed by atoms with Crippen LogP contribution in [0.2, 0.25) is 51.4 Å². The molecule has 1 fully saturated rings. The molecule has 3 aromatic heterocycles. The second kappa shape index (κ2) is 16.3. The third kappa shape index (κ3) is 10.0. The van der Waals surface area contributed by atoms with Crippen molar-refractivity contribution in [1.82, 2.24) is 19.6 Å². The van der Waals surface area contributed by atoms with E-state index in [9.17, 15) is 4.79 Å². The summed E-state index contributed by atoms with van der Waals surface area (Å²) >= 11 is 0. The summed E-state index contributed by atoms with van der Waals surface area (Å²) in [4.78, 5) is 24.7. The van der Waals surface area contributed by atoms with Crippen molar-refractivity contribution in [3.05, 3.63) is 48.4 Å². The Kier molecular flexibility index (Phi) is 12.4. The highest BCUT2D eigenvalue weighted by molar-refractivity contribution is 6.76. The summed E-state index contributed by atoms with van der Waals surface area (Å²) in [6.07, 6.45) is 8.27. The maximum Gasteiger partial charge on any atom is 0.306 e. The molecule has 12 heteroatoms. The van der Waals surface area contributed by atoms with Gasteiger partial charge in [0.25, 0.3) is 0 Å². The Morgan fingerprint density at radius 2 is 1.61 bits per heavy atom. The number of para-hydroxylation sites is 1. The minimum atomic E-state index is -1.25. The summed E-state index contributed by atoms with van der Waals surface area (Å²) in [6, 6.07) is 12.6. The van der Waals surface area contributed by atoms with E-state index in [-0.39, 0.29) is 11.9 Å². The number of nitrogens with zero attached hydrogens (tertiary/aromatic N) is 5. The van der Waals surface area contributed by atoms with Crippen molar-refractivity contribution < 1.29 is 19.0 Å². The number of fused-ring (bicyclic) bond motifs is 2. The number of ether oxygens (including phenoxy) is 3. The molecular formula is C37H56BN5O4Si2. The van der Waals surface area contributed by atoms with Crippen molar-refractivity contribution >= 4 is 57.8 Å². The molecule has 0 saturated heterocycles. The van der Waals surface area contributed by atoms with Gasteiger partial charge in [-0.2, -0.15) is 9.61 Å². The second-order valence-corrected chi connectivity index (χ2v) is 27.4. The number of benzene rings is 1. The molecular weight excluding hydrogens is 645 g/mol. The Bertz CT molecular complexity index is 1690. The first-order valence-corrected chi connectivity index (χ1v) is 25.5. The topological polar surface area (TPSA) is 91.1 Å². The van der Waals surface area contributed by atoms with Gasteiger partial charge in [0.15, 0.2) is 5.65 Å². The zero-order valence-electron chi connectivity index (χ0n) is 31.1. The van der Waals surface area contributed by atoms with Gasteiger partial charge in [0, 0.05) is 70.1 Å². The Hall–Kier alpha value is -3.06. The van der Waals surface area contributed by atoms with Gasteiger partial charge in [0.2, 0.25) is 0 Å². The summed E-state index contributed by atoms with van der Waals surface area (Å²) in [5.74, 6) is 1.51. The van der Waals surface area contributed by atoms with Gasteiger partial charge in [-0.15, -0.1) is 0 Å². The average molecular weight is 702 g/mol. The normalized spacial score (nSPS) is 17.1. The molecule has 1 aliphatic carbocycles. The molecule has 3 heterocycles. The van der Waals surface area contributed by atoms with Crippen molar-refractivity contribution in [2.75, 3.05) is 38.2 Å². The fourth-order valence-corrected chi connectivity index (χ4v) is 8.14. The first-order chi connectivity index (χ1) is 23.3. The predicted octanol–water partition coefficient (Wildman–Crippen LogP) is 6.86. The molecule has 0 aliphatic heterocycles. The fourth-order valence-electron chi connectivity index (χ4n) is 6.63. The third-order valence-electron chi connectivity index (χ3n) is 9.57. The number of anilines is 1. The van der Waals surface area contributed by atoms with Crippen LogP contribution in [-0.4, -0.2) is 82.8 Å². The summed E-state index contributed by atoms with van der Waals surface area (Å²) in [7, 11) is -0.330. The van der Waals surface area contributed by atoms with Gasteiger partial charge >= 0.3 is 5.97 Å². The minimum absolute atomic E-state index is 0.0873. The van der Waals surface area contributed by atoms with Crippen LogP contribution in [0, 0.1) is 5.92 Å². The van der Waals surface area contributed by atoms with E-state index in [1.165, 1.54) is 0 Å². The summed E-state index contributed by atoms with van der Waals surface area (Å²) in [5.41, 5.74) is 5.93. The maximum atomic E-state index is 12.3. The van der Waals surface area contributed by atoms with Gasteiger partial charge in [-0.25, -0.2) is 4.98 Å². The van der Waals surface area contributed by atoms with Crippen molar-refractivity contribution in [1.29, 1.82) is 0 Å². The standard InChI is InChI=1S/C37H56BN5O4Si2/c1-8-47-33(44)21-27-13-15-28(16-14-27)35-34(38)37(42(25-45-17-19-48(2,3)4)26-46-18-20-49(5,6)7)43-36(41-35)31(24-40-43)30-22-29-11-9-10-12-32(29)39-23-30/h9-12,22-24,27-28H,8,13-21,25-26,38H2,1-7H3. The van der Waals surface area contributed by atoms with Gasteiger partial charge < -0.3 is 19.1 Å². The van der Waals surface area contributed by atoms with E-state index in [0.29, 0.717) is 32.4 Å². The van der Waals surface area contributed by atoms with Crippen molar-refractivity contribution in [2.24, 2.45) is 5.92 Å². The largest absolute Gasteiger partial charge is 0.466 e. The summed E-state index contributed by atoms with van der Waals surface area (Å²) in [5, 5.41) is 6.06. The van der Waals surface area contributed by atoms with Crippen LogP contribution in [0.1, 0.15) is 50.6 Å². The predicted molar refractivity (Wildman–Crippen MR) is 208 cm³/mol.